The molecule has 98 valence electrons. The first kappa shape index (κ1) is 13.0. The van der Waals surface area contributed by atoms with E-state index in [1.165, 1.54) is 6.20 Å². The molecule has 1 unspecified atom stereocenters. The number of hydrogen-bond donors (Lipinski definition) is 2. The number of aliphatic hydroxyl groups excluding tert-OH is 1. The van der Waals surface area contributed by atoms with Crippen molar-refractivity contribution in [1.29, 1.82) is 0 Å². The second kappa shape index (κ2) is 6.48. The first-order valence-electron chi connectivity index (χ1n) is 5.61. The second-order valence-electron chi connectivity index (χ2n) is 3.86. The van der Waals surface area contributed by atoms with Gasteiger partial charge in [-0.15, -0.1) is 4.37 Å². The van der Waals surface area contributed by atoms with Gasteiger partial charge in [-0.2, -0.15) is 4.37 Å². The molecule has 0 amide bonds. The molecule has 0 fully saturated rings. The summed E-state index contributed by atoms with van der Waals surface area (Å²) in [5.41, 5.74) is 0. The largest absolute Gasteiger partial charge is 0.473 e. The number of nitrogens with zero attached hydrogens (tertiary/aromatic N) is 2. The standard InChI is InChI=1S/C11H15N3O3S/c1-8(10-3-2-4-16-10)12-5-9(15)7-17-11-6-13-18-14-11/h2-4,6,8-9,12,15H,5,7H2,1H3/t8-,9?/m0/s1. The summed E-state index contributed by atoms with van der Waals surface area (Å²) < 4.78 is 18.2. The highest BCUT2D eigenvalue weighted by Gasteiger charge is 2.11. The zero-order chi connectivity index (χ0) is 12.8. The molecule has 2 N–H and O–H groups in total. The lowest BCUT2D eigenvalue weighted by atomic mass is 10.2. The highest BCUT2D eigenvalue weighted by molar-refractivity contribution is 6.99. The number of ether oxygens (including phenoxy) is 1. The molecule has 0 spiro atoms. The SMILES string of the molecule is C[C@H](NCC(O)COc1cnsn1)c1ccco1. The Morgan fingerprint density at radius 1 is 1.61 bits per heavy atom. The quantitative estimate of drug-likeness (QED) is 0.786. The summed E-state index contributed by atoms with van der Waals surface area (Å²) in [4.78, 5) is 0. The third-order valence-corrected chi connectivity index (χ3v) is 2.86. The van der Waals surface area contributed by atoms with Crippen LogP contribution in [0.2, 0.25) is 0 Å². The molecular formula is C11H15N3O3S. The zero-order valence-corrected chi connectivity index (χ0v) is 10.8. The lowest BCUT2D eigenvalue weighted by Gasteiger charge is -2.15. The fourth-order valence-corrected chi connectivity index (χ4v) is 1.78. The van der Waals surface area contributed by atoms with E-state index in [0.717, 1.165) is 17.5 Å². The Kier molecular flexibility index (Phi) is 4.68. The number of nitrogens with one attached hydrogen (secondary N) is 1. The molecular weight excluding hydrogens is 254 g/mol. The second-order valence-corrected chi connectivity index (χ2v) is 4.41. The predicted octanol–water partition coefficient (Wildman–Crippen LogP) is 1.22. The maximum atomic E-state index is 9.73. The van der Waals surface area contributed by atoms with Crippen LogP contribution in [0.3, 0.4) is 0 Å². The summed E-state index contributed by atoms with van der Waals surface area (Å²) >= 11 is 1.07. The maximum Gasteiger partial charge on any atom is 0.245 e. The lowest BCUT2D eigenvalue weighted by molar-refractivity contribution is 0.101. The van der Waals surface area contributed by atoms with E-state index in [0.29, 0.717) is 12.4 Å². The first-order chi connectivity index (χ1) is 8.75. The minimum Gasteiger partial charge on any atom is -0.473 e. The fraction of sp³-hybridized carbons (Fsp3) is 0.455. The zero-order valence-electron chi connectivity index (χ0n) is 9.94. The van der Waals surface area contributed by atoms with Crippen LogP contribution in [0.1, 0.15) is 18.7 Å². The molecule has 2 atom stereocenters. The van der Waals surface area contributed by atoms with Gasteiger partial charge < -0.3 is 19.6 Å². The van der Waals surface area contributed by atoms with Crippen molar-refractivity contribution in [2.24, 2.45) is 0 Å². The summed E-state index contributed by atoms with van der Waals surface area (Å²) in [5, 5.41) is 12.9. The Labute approximate surface area is 109 Å². The van der Waals surface area contributed by atoms with Crippen LogP contribution in [-0.4, -0.2) is 33.1 Å². The topological polar surface area (TPSA) is 80.4 Å². The molecule has 2 aromatic heterocycles. The van der Waals surface area contributed by atoms with E-state index in [9.17, 15) is 5.11 Å². The number of aromatic nitrogens is 2. The van der Waals surface area contributed by atoms with E-state index < -0.39 is 6.10 Å². The average Bonchev–Trinajstić information content (AvgIpc) is 3.05. The van der Waals surface area contributed by atoms with Crippen molar-refractivity contribution in [3.8, 4) is 5.88 Å². The molecule has 7 heteroatoms. The normalized spacial score (nSPS) is 14.3. The molecule has 0 aliphatic heterocycles. The Bertz CT molecular complexity index is 432. The van der Waals surface area contributed by atoms with Crippen molar-refractivity contribution in [3.05, 3.63) is 30.4 Å². The van der Waals surface area contributed by atoms with E-state index in [1.807, 2.05) is 19.1 Å². The van der Waals surface area contributed by atoms with Crippen molar-refractivity contribution >= 4 is 11.7 Å². The average molecular weight is 269 g/mol. The van der Waals surface area contributed by atoms with E-state index in [1.54, 1.807) is 6.26 Å². The molecule has 2 aromatic rings. The van der Waals surface area contributed by atoms with Crippen LogP contribution in [-0.2, 0) is 0 Å². The van der Waals surface area contributed by atoms with Gasteiger partial charge in [0.05, 0.1) is 24.0 Å². The monoisotopic (exact) mass is 269 g/mol. The van der Waals surface area contributed by atoms with E-state index in [-0.39, 0.29) is 12.6 Å². The minimum absolute atomic E-state index is 0.0515. The number of furan rings is 1. The van der Waals surface area contributed by atoms with Gasteiger partial charge in [0.1, 0.15) is 24.7 Å². The highest BCUT2D eigenvalue weighted by atomic mass is 32.1. The van der Waals surface area contributed by atoms with Gasteiger partial charge in [0.25, 0.3) is 0 Å². The minimum atomic E-state index is -0.607. The van der Waals surface area contributed by atoms with Gasteiger partial charge >= 0.3 is 0 Å². The Morgan fingerprint density at radius 2 is 2.50 bits per heavy atom. The summed E-state index contributed by atoms with van der Waals surface area (Å²) in [5.74, 6) is 1.28. The van der Waals surface area contributed by atoms with Crippen molar-refractivity contribution < 1.29 is 14.3 Å². The maximum absolute atomic E-state index is 9.73. The molecule has 0 radical (unpaired) electrons. The molecule has 0 saturated heterocycles. The van der Waals surface area contributed by atoms with Gasteiger partial charge in [-0.05, 0) is 19.1 Å². The van der Waals surface area contributed by atoms with Crippen LogP contribution in [0.25, 0.3) is 0 Å². The van der Waals surface area contributed by atoms with Crippen LogP contribution in [0.4, 0.5) is 0 Å². The van der Waals surface area contributed by atoms with Crippen LogP contribution < -0.4 is 10.1 Å². The van der Waals surface area contributed by atoms with E-state index >= 15 is 0 Å². The first-order valence-corrected chi connectivity index (χ1v) is 6.34. The molecule has 18 heavy (non-hydrogen) atoms. The number of rotatable bonds is 7. The van der Waals surface area contributed by atoms with Gasteiger partial charge in [-0.1, -0.05) is 0 Å². The molecule has 0 bridgehead atoms. The smallest absolute Gasteiger partial charge is 0.245 e. The van der Waals surface area contributed by atoms with Crippen LogP contribution in [0, 0.1) is 0 Å². The molecule has 0 aliphatic rings. The van der Waals surface area contributed by atoms with Gasteiger partial charge in [0.2, 0.25) is 5.88 Å². The van der Waals surface area contributed by atoms with Crippen LogP contribution in [0.5, 0.6) is 5.88 Å². The molecule has 6 nitrogen and oxygen atoms in total. The van der Waals surface area contributed by atoms with Gasteiger partial charge in [0, 0.05) is 6.54 Å². The molecule has 0 saturated carbocycles. The van der Waals surface area contributed by atoms with Gasteiger partial charge in [0.15, 0.2) is 0 Å². The Balaban J connectivity index is 1.67. The Morgan fingerprint density at radius 3 is 3.17 bits per heavy atom. The summed E-state index contributed by atoms with van der Waals surface area (Å²) in [7, 11) is 0. The Hall–Kier alpha value is -1.44. The van der Waals surface area contributed by atoms with Gasteiger partial charge in [-0.3, -0.25) is 0 Å². The van der Waals surface area contributed by atoms with Crippen molar-refractivity contribution in [2.75, 3.05) is 13.2 Å². The third kappa shape index (κ3) is 3.80. The predicted molar refractivity (Wildman–Crippen MR) is 66.5 cm³/mol. The third-order valence-electron chi connectivity index (χ3n) is 2.39. The summed E-state index contributed by atoms with van der Waals surface area (Å²) in [6.45, 7) is 2.57. The van der Waals surface area contributed by atoms with E-state index in [4.69, 9.17) is 9.15 Å². The summed E-state index contributed by atoms with van der Waals surface area (Å²) in [6.07, 6.45) is 2.54. The van der Waals surface area contributed by atoms with Crippen molar-refractivity contribution in [2.45, 2.75) is 19.1 Å². The molecule has 0 aromatic carbocycles. The van der Waals surface area contributed by atoms with Crippen molar-refractivity contribution in [3.63, 3.8) is 0 Å². The number of hydrogen-bond acceptors (Lipinski definition) is 7. The molecule has 2 heterocycles. The van der Waals surface area contributed by atoms with Gasteiger partial charge in [-0.25, -0.2) is 0 Å². The van der Waals surface area contributed by atoms with Crippen molar-refractivity contribution in [1.82, 2.24) is 14.1 Å². The fourth-order valence-electron chi connectivity index (χ4n) is 1.41. The molecule has 0 aliphatic carbocycles. The highest BCUT2D eigenvalue weighted by Crippen LogP contribution is 2.12. The van der Waals surface area contributed by atoms with Crippen LogP contribution in [0.15, 0.2) is 29.0 Å². The number of aliphatic hydroxyl groups is 1. The molecule has 2 rings (SSSR count). The summed E-state index contributed by atoms with van der Waals surface area (Å²) in [6, 6.07) is 3.78. The lowest BCUT2D eigenvalue weighted by Crippen LogP contribution is -2.32. The van der Waals surface area contributed by atoms with E-state index in [2.05, 4.69) is 14.1 Å². The van der Waals surface area contributed by atoms with Crippen LogP contribution >= 0.6 is 11.7 Å².